The van der Waals surface area contributed by atoms with Crippen molar-refractivity contribution in [3.8, 4) is 0 Å². The summed E-state index contributed by atoms with van der Waals surface area (Å²) in [5, 5.41) is 7.50. The Morgan fingerprint density at radius 1 is 1.60 bits per heavy atom. The Bertz CT molecular complexity index is 309. The zero-order valence-electron chi connectivity index (χ0n) is 9.37. The number of hydrogen-bond acceptors (Lipinski definition) is 3. The average Bonchev–Trinajstić information content (AvgIpc) is 2.56. The van der Waals surface area contributed by atoms with Crippen molar-refractivity contribution < 1.29 is 0 Å². The molecule has 1 aliphatic rings. The van der Waals surface area contributed by atoms with Crippen molar-refractivity contribution >= 4 is 5.69 Å². The summed E-state index contributed by atoms with van der Waals surface area (Å²) >= 11 is 0. The monoisotopic (exact) mass is 208 g/mol. The van der Waals surface area contributed by atoms with Crippen LogP contribution in [0.5, 0.6) is 0 Å². The summed E-state index contributed by atoms with van der Waals surface area (Å²) in [6.45, 7) is 1.84. The summed E-state index contributed by atoms with van der Waals surface area (Å²) in [5.74, 6) is 0. The fourth-order valence-corrected chi connectivity index (χ4v) is 2.22. The zero-order chi connectivity index (χ0) is 10.7. The van der Waals surface area contributed by atoms with Gasteiger partial charge in [-0.15, -0.1) is 0 Å². The van der Waals surface area contributed by atoms with Crippen LogP contribution in [0.15, 0.2) is 12.4 Å². The predicted molar refractivity (Wildman–Crippen MR) is 61.7 cm³/mol. The second-order valence-corrected chi connectivity index (χ2v) is 4.64. The molecule has 4 heteroatoms. The van der Waals surface area contributed by atoms with Crippen molar-refractivity contribution in [2.24, 2.45) is 18.2 Å². The van der Waals surface area contributed by atoms with E-state index in [-0.39, 0.29) is 0 Å². The molecule has 1 heterocycles. The zero-order valence-corrected chi connectivity index (χ0v) is 9.37. The third-order valence-electron chi connectivity index (χ3n) is 3.54. The van der Waals surface area contributed by atoms with Crippen molar-refractivity contribution in [2.45, 2.75) is 25.7 Å². The standard InChI is InChI=1S/C11H20N4/c1-15-8-10(7-14-15)13-6-5-11(9-12)3-2-4-11/h7-8,13H,2-6,9,12H2,1H3. The highest BCUT2D eigenvalue weighted by Crippen LogP contribution is 2.42. The van der Waals surface area contributed by atoms with E-state index in [1.54, 1.807) is 0 Å². The molecule has 2 rings (SSSR count). The first-order chi connectivity index (χ1) is 7.24. The molecule has 4 nitrogen and oxygen atoms in total. The average molecular weight is 208 g/mol. The van der Waals surface area contributed by atoms with Gasteiger partial charge in [-0.25, -0.2) is 0 Å². The van der Waals surface area contributed by atoms with Gasteiger partial charge in [-0.1, -0.05) is 6.42 Å². The van der Waals surface area contributed by atoms with E-state index in [4.69, 9.17) is 5.73 Å². The fraction of sp³-hybridized carbons (Fsp3) is 0.727. The summed E-state index contributed by atoms with van der Waals surface area (Å²) in [7, 11) is 1.93. The molecule has 1 saturated carbocycles. The predicted octanol–water partition coefficient (Wildman–Crippen LogP) is 1.35. The number of rotatable bonds is 5. The third-order valence-corrected chi connectivity index (χ3v) is 3.54. The molecule has 0 aromatic carbocycles. The van der Waals surface area contributed by atoms with Gasteiger partial charge >= 0.3 is 0 Å². The van der Waals surface area contributed by atoms with Crippen molar-refractivity contribution in [3.63, 3.8) is 0 Å². The first kappa shape index (κ1) is 10.5. The molecule has 0 bridgehead atoms. The quantitative estimate of drug-likeness (QED) is 0.768. The van der Waals surface area contributed by atoms with Crippen molar-refractivity contribution in [1.82, 2.24) is 9.78 Å². The first-order valence-corrected chi connectivity index (χ1v) is 5.67. The van der Waals surface area contributed by atoms with E-state index in [0.717, 1.165) is 18.8 Å². The highest BCUT2D eigenvalue weighted by Gasteiger charge is 2.34. The molecule has 15 heavy (non-hydrogen) atoms. The lowest BCUT2D eigenvalue weighted by molar-refractivity contribution is 0.136. The van der Waals surface area contributed by atoms with E-state index < -0.39 is 0 Å². The van der Waals surface area contributed by atoms with Crippen LogP contribution in [0.4, 0.5) is 5.69 Å². The van der Waals surface area contributed by atoms with Gasteiger partial charge in [0.1, 0.15) is 0 Å². The number of anilines is 1. The first-order valence-electron chi connectivity index (χ1n) is 5.67. The van der Waals surface area contributed by atoms with Gasteiger partial charge in [0.05, 0.1) is 11.9 Å². The molecule has 1 aromatic heterocycles. The molecule has 0 unspecified atom stereocenters. The van der Waals surface area contributed by atoms with Crippen molar-refractivity contribution in [3.05, 3.63) is 12.4 Å². The van der Waals surface area contributed by atoms with Gasteiger partial charge in [-0.05, 0) is 31.2 Å². The van der Waals surface area contributed by atoms with Crippen molar-refractivity contribution in [1.29, 1.82) is 0 Å². The fourth-order valence-electron chi connectivity index (χ4n) is 2.22. The lowest BCUT2D eigenvalue weighted by atomic mass is 9.67. The minimum atomic E-state index is 0.440. The van der Waals surface area contributed by atoms with Crippen LogP contribution in [0.1, 0.15) is 25.7 Å². The highest BCUT2D eigenvalue weighted by atomic mass is 15.3. The largest absolute Gasteiger partial charge is 0.382 e. The molecule has 3 N–H and O–H groups in total. The van der Waals surface area contributed by atoms with E-state index in [1.807, 2.05) is 24.1 Å². The molecular formula is C11H20N4. The van der Waals surface area contributed by atoms with Crippen LogP contribution < -0.4 is 11.1 Å². The maximum Gasteiger partial charge on any atom is 0.0726 e. The van der Waals surface area contributed by atoms with Gasteiger partial charge in [-0.2, -0.15) is 5.10 Å². The van der Waals surface area contributed by atoms with Crippen LogP contribution in [0.3, 0.4) is 0 Å². The summed E-state index contributed by atoms with van der Waals surface area (Å²) in [5.41, 5.74) is 7.35. The van der Waals surface area contributed by atoms with Gasteiger partial charge in [0.25, 0.3) is 0 Å². The molecule has 84 valence electrons. The topological polar surface area (TPSA) is 55.9 Å². The van der Waals surface area contributed by atoms with E-state index in [1.165, 1.54) is 25.7 Å². The van der Waals surface area contributed by atoms with E-state index >= 15 is 0 Å². The van der Waals surface area contributed by atoms with E-state index in [0.29, 0.717) is 5.41 Å². The van der Waals surface area contributed by atoms with Gasteiger partial charge in [0.15, 0.2) is 0 Å². The van der Waals surface area contributed by atoms with E-state index in [2.05, 4.69) is 10.4 Å². The van der Waals surface area contributed by atoms with Crippen LogP contribution >= 0.6 is 0 Å². The molecule has 0 amide bonds. The molecule has 0 atom stereocenters. The molecular weight excluding hydrogens is 188 g/mol. The van der Waals surface area contributed by atoms with Gasteiger partial charge in [0.2, 0.25) is 0 Å². The minimum Gasteiger partial charge on any atom is -0.382 e. The summed E-state index contributed by atoms with van der Waals surface area (Å²) in [6, 6.07) is 0. The van der Waals surface area contributed by atoms with Crippen LogP contribution in [-0.2, 0) is 7.05 Å². The molecule has 1 fully saturated rings. The molecule has 0 radical (unpaired) electrons. The number of nitrogens with two attached hydrogens (primary N) is 1. The number of aryl methyl sites for hydroxylation is 1. The lowest BCUT2D eigenvalue weighted by Gasteiger charge is -2.41. The minimum absolute atomic E-state index is 0.440. The smallest absolute Gasteiger partial charge is 0.0726 e. The van der Waals surface area contributed by atoms with E-state index in [9.17, 15) is 0 Å². The number of hydrogen-bond donors (Lipinski definition) is 2. The van der Waals surface area contributed by atoms with Crippen LogP contribution in [-0.4, -0.2) is 22.9 Å². The Hall–Kier alpha value is -1.03. The van der Waals surface area contributed by atoms with Crippen LogP contribution in [0.2, 0.25) is 0 Å². The summed E-state index contributed by atoms with van der Waals surface area (Å²) in [6.07, 6.45) is 8.99. The number of nitrogens with zero attached hydrogens (tertiary/aromatic N) is 2. The second-order valence-electron chi connectivity index (χ2n) is 4.64. The molecule has 0 spiro atoms. The Balaban J connectivity index is 1.74. The van der Waals surface area contributed by atoms with Gasteiger partial charge in [0, 0.05) is 19.8 Å². The van der Waals surface area contributed by atoms with Crippen molar-refractivity contribution in [2.75, 3.05) is 18.4 Å². The Labute approximate surface area is 90.8 Å². The second kappa shape index (κ2) is 4.23. The third kappa shape index (κ3) is 2.31. The SMILES string of the molecule is Cn1cc(NCCC2(CN)CCC2)cn1. The summed E-state index contributed by atoms with van der Waals surface area (Å²) in [4.78, 5) is 0. The summed E-state index contributed by atoms with van der Waals surface area (Å²) < 4.78 is 1.81. The Morgan fingerprint density at radius 2 is 2.40 bits per heavy atom. The maximum atomic E-state index is 5.81. The normalized spacial score (nSPS) is 18.5. The Kier molecular flexibility index (Phi) is 2.95. The molecule has 0 aliphatic heterocycles. The van der Waals surface area contributed by atoms with Gasteiger partial charge in [-0.3, -0.25) is 4.68 Å². The number of nitrogens with one attached hydrogen (secondary N) is 1. The van der Waals surface area contributed by atoms with Crippen LogP contribution in [0.25, 0.3) is 0 Å². The molecule has 1 aromatic rings. The highest BCUT2D eigenvalue weighted by molar-refractivity contribution is 5.37. The van der Waals surface area contributed by atoms with Crippen LogP contribution in [0, 0.1) is 5.41 Å². The maximum absolute atomic E-state index is 5.81. The lowest BCUT2D eigenvalue weighted by Crippen LogP contribution is -2.38. The number of aromatic nitrogens is 2. The molecule has 1 aliphatic carbocycles. The molecule has 0 saturated heterocycles. The Morgan fingerprint density at radius 3 is 2.87 bits per heavy atom. The van der Waals surface area contributed by atoms with Gasteiger partial charge < -0.3 is 11.1 Å².